The molecule has 1 aromatic carbocycles. The van der Waals surface area contributed by atoms with Crippen LogP contribution >= 0.6 is 11.6 Å². The van der Waals surface area contributed by atoms with Crippen LogP contribution in [0.25, 0.3) is 11.6 Å². The van der Waals surface area contributed by atoms with Gasteiger partial charge in [-0.3, -0.25) is 4.98 Å². The minimum absolute atomic E-state index is 0.570. The van der Waals surface area contributed by atoms with Gasteiger partial charge in [-0.1, -0.05) is 29.8 Å². The molecular weight excluding hydrogens is 232 g/mol. The highest BCUT2D eigenvalue weighted by Gasteiger charge is 2.01. The Hall–Kier alpha value is -2.11. The molecule has 0 atom stereocenters. The number of allylic oxidation sites excluding steroid dienone is 1. The summed E-state index contributed by atoms with van der Waals surface area (Å²) in [6.07, 6.45) is 3.45. The molecule has 0 aliphatic rings. The fourth-order valence-electron chi connectivity index (χ4n) is 1.42. The molecule has 2 rings (SSSR count). The first-order valence-electron chi connectivity index (χ1n) is 5.08. The molecular formula is C14H9ClN2. The summed E-state index contributed by atoms with van der Waals surface area (Å²) in [6, 6.07) is 14.9. The average molecular weight is 241 g/mol. The van der Waals surface area contributed by atoms with E-state index in [0.29, 0.717) is 10.6 Å². The van der Waals surface area contributed by atoms with Crippen LogP contribution in [0.3, 0.4) is 0 Å². The number of benzene rings is 1. The molecule has 0 N–H and O–H groups in total. The van der Waals surface area contributed by atoms with E-state index in [1.54, 1.807) is 24.4 Å². The minimum Gasteiger partial charge on any atom is -0.257 e. The van der Waals surface area contributed by atoms with E-state index in [2.05, 4.69) is 11.1 Å². The molecule has 0 amide bonds. The van der Waals surface area contributed by atoms with Crippen LogP contribution in [0.5, 0.6) is 0 Å². The molecule has 0 bridgehead atoms. The SMILES string of the molecule is N#C/C(=C\c1ccccn1)c1ccc(Cl)cc1. The van der Waals surface area contributed by atoms with E-state index in [-0.39, 0.29) is 0 Å². The highest BCUT2D eigenvalue weighted by atomic mass is 35.5. The second kappa shape index (κ2) is 5.29. The van der Waals surface area contributed by atoms with Crippen LogP contribution in [0.4, 0.5) is 0 Å². The van der Waals surface area contributed by atoms with Crippen LogP contribution in [0.1, 0.15) is 11.3 Å². The van der Waals surface area contributed by atoms with Gasteiger partial charge in [0.2, 0.25) is 0 Å². The van der Waals surface area contributed by atoms with Gasteiger partial charge in [0, 0.05) is 11.2 Å². The normalized spacial score (nSPS) is 10.9. The summed E-state index contributed by atoms with van der Waals surface area (Å²) in [7, 11) is 0. The summed E-state index contributed by atoms with van der Waals surface area (Å²) in [5.74, 6) is 0. The molecule has 0 unspecified atom stereocenters. The maximum atomic E-state index is 9.13. The number of rotatable bonds is 2. The van der Waals surface area contributed by atoms with Crippen LogP contribution in [0.15, 0.2) is 48.7 Å². The van der Waals surface area contributed by atoms with E-state index >= 15 is 0 Å². The molecule has 1 heterocycles. The fraction of sp³-hybridized carbons (Fsp3) is 0. The maximum Gasteiger partial charge on any atom is 0.0998 e. The zero-order valence-electron chi connectivity index (χ0n) is 8.97. The van der Waals surface area contributed by atoms with E-state index in [1.807, 2.05) is 30.3 Å². The number of halogens is 1. The van der Waals surface area contributed by atoms with Crippen molar-refractivity contribution >= 4 is 23.3 Å². The molecule has 2 nitrogen and oxygen atoms in total. The van der Waals surface area contributed by atoms with Gasteiger partial charge in [0.25, 0.3) is 0 Å². The molecule has 0 aliphatic heterocycles. The van der Waals surface area contributed by atoms with Crippen molar-refractivity contribution < 1.29 is 0 Å². The van der Waals surface area contributed by atoms with Gasteiger partial charge in [-0.15, -0.1) is 0 Å². The Morgan fingerprint density at radius 2 is 1.94 bits per heavy atom. The van der Waals surface area contributed by atoms with Crippen LogP contribution < -0.4 is 0 Å². The third-order valence-electron chi connectivity index (χ3n) is 2.26. The molecule has 0 spiro atoms. The molecule has 17 heavy (non-hydrogen) atoms. The predicted octanol–water partition coefficient (Wildman–Crippen LogP) is 3.80. The van der Waals surface area contributed by atoms with Crippen molar-refractivity contribution in [1.29, 1.82) is 5.26 Å². The monoisotopic (exact) mass is 240 g/mol. The van der Waals surface area contributed by atoms with Crippen molar-refractivity contribution in [2.75, 3.05) is 0 Å². The van der Waals surface area contributed by atoms with E-state index in [1.165, 1.54) is 0 Å². The molecule has 0 fully saturated rings. The fourth-order valence-corrected chi connectivity index (χ4v) is 1.54. The van der Waals surface area contributed by atoms with Crippen LogP contribution in [-0.4, -0.2) is 4.98 Å². The van der Waals surface area contributed by atoms with E-state index in [4.69, 9.17) is 16.9 Å². The van der Waals surface area contributed by atoms with Crippen molar-refractivity contribution in [2.24, 2.45) is 0 Å². The smallest absolute Gasteiger partial charge is 0.0998 e. The van der Waals surface area contributed by atoms with Crippen molar-refractivity contribution in [3.05, 3.63) is 64.9 Å². The lowest BCUT2D eigenvalue weighted by atomic mass is 10.1. The summed E-state index contributed by atoms with van der Waals surface area (Å²) in [5.41, 5.74) is 2.17. The number of pyridine rings is 1. The summed E-state index contributed by atoms with van der Waals surface area (Å²) in [6.45, 7) is 0. The van der Waals surface area contributed by atoms with Gasteiger partial charge in [-0.05, 0) is 35.9 Å². The number of aromatic nitrogens is 1. The Labute approximate surface area is 105 Å². The number of nitriles is 1. The van der Waals surface area contributed by atoms with Crippen LogP contribution in [0.2, 0.25) is 5.02 Å². The molecule has 2 aromatic rings. The van der Waals surface area contributed by atoms with Crippen molar-refractivity contribution in [1.82, 2.24) is 4.98 Å². The minimum atomic E-state index is 0.570. The molecule has 0 aliphatic carbocycles. The van der Waals surface area contributed by atoms with Gasteiger partial charge < -0.3 is 0 Å². The van der Waals surface area contributed by atoms with Gasteiger partial charge in [-0.25, -0.2) is 0 Å². The third kappa shape index (κ3) is 2.93. The lowest BCUT2D eigenvalue weighted by Gasteiger charge is -1.99. The van der Waals surface area contributed by atoms with Crippen molar-refractivity contribution in [2.45, 2.75) is 0 Å². The summed E-state index contributed by atoms with van der Waals surface area (Å²) >= 11 is 5.81. The molecule has 0 radical (unpaired) electrons. The largest absolute Gasteiger partial charge is 0.257 e. The summed E-state index contributed by atoms with van der Waals surface area (Å²) in [4.78, 5) is 4.16. The highest BCUT2D eigenvalue weighted by molar-refractivity contribution is 6.30. The maximum absolute atomic E-state index is 9.13. The summed E-state index contributed by atoms with van der Waals surface area (Å²) < 4.78 is 0. The molecule has 1 aromatic heterocycles. The van der Waals surface area contributed by atoms with Crippen molar-refractivity contribution in [3.63, 3.8) is 0 Å². The van der Waals surface area contributed by atoms with E-state index < -0.39 is 0 Å². The summed E-state index contributed by atoms with van der Waals surface area (Å²) in [5, 5.41) is 9.79. The van der Waals surface area contributed by atoms with E-state index in [9.17, 15) is 0 Å². The molecule has 3 heteroatoms. The van der Waals surface area contributed by atoms with Crippen molar-refractivity contribution in [3.8, 4) is 6.07 Å². The first-order valence-corrected chi connectivity index (χ1v) is 5.46. The van der Waals surface area contributed by atoms with Gasteiger partial charge in [0.1, 0.15) is 0 Å². The predicted molar refractivity (Wildman–Crippen MR) is 69.2 cm³/mol. The first-order chi connectivity index (χ1) is 8.29. The van der Waals surface area contributed by atoms with E-state index in [0.717, 1.165) is 11.3 Å². The topological polar surface area (TPSA) is 36.7 Å². The highest BCUT2D eigenvalue weighted by Crippen LogP contribution is 2.18. The number of hydrogen-bond donors (Lipinski definition) is 0. The Kier molecular flexibility index (Phi) is 3.54. The Morgan fingerprint density at radius 3 is 2.53 bits per heavy atom. The second-order valence-corrected chi connectivity index (χ2v) is 3.87. The Bertz CT molecular complexity index is 565. The second-order valence-electron chi connectivity index (χ2n) is 3.43. The lowest BCUT2D eigenvalue weighted by molar-refractivity contribution is 1.30. The molecule has 0 saturated heterocycles. The van der Waals surface area contributed by atoms with Crippen LogP contribution in [-0.2, 0) is 0 Å². The molecule has 0 saturated carbocycles. The van der Waals surface area contributed by atoms with Gasteiger partial charge in [0.05, 0.1) is 17.3 Å². The Balaban J connectivity index is 2.38. The average Bonchev–Trinajstić information content (AvgIpc) is 2.38. The first kappa shape index (κ1) is 11.4. The standard InChI is InChI=1S/C14H9ClN2/c15-13-6-4-11(5-7-13)12(10-16)9-14-3-1-2-8-17-14/h1-9H/b12-9+. The van der Waals surface area contributed by atoms with Gasteiger partial charge in [0.15, 0.2) is 0 Å². The quantitative estimate of drug-likeness (QED) is 0.749. The zero-order chi connectivity index (χ0) is 12.1. The Morgan fingerprint density at radius 1 is 1.18 bits per heavy atom. The van der Waals surface area contributed by atoms with Gasteiger partial charge >= 0.3 is 0 Å². The lowest BCUT2D eigenvalue weighted by Crippen LogP contribution is -1.83. The third-order valence-corrected chi connectivity index (χ3v) is 2.51. The zero-order valence-corrected chi connectivity index (χ0v) is 9.72. The number of hydrogen-bond acceptors (Lipinski definition) is 2. The molecule has 82 valence electrons. The van der Waals surface area contributed by atoms with Gasteiger partial charge in [-0.2, -0.15) is 5.26 Å². The number of nitrogens with zero attached hydrogens (tertiary/aromatic N) is 2. The van der Waals surface area contributed by atoms with Crippen LogP contribution in [0, 0.1) is 11.3 Å².